The lowest BCUT2D eigenvalue weighted by Crippen LogP contribution is -2.22. The number of nitrogens with two attached hydrogens (primary N) is 1. The molecule has 9 heteroatoms. The Bertz CT molecular complexity index is 1520. The number of anilines is 1. The van der Waals surface area contributed by atoms with E-state index in [1.54, 1.807) is 24.3 Å². The van der Waals surface area contributed by atoms with Crippen molar-refractivity contribution in [3.05, 3.63) is 81.5 Å². The van der Waals surface area contributed by atoms with Gasteiger partial charge in [0.05, 0.1) is 12.7 Å². The van der Waals surface area contributed by atoms with Crippen molar-refractivity contribution < 1.29 is 23.1 Å². The van der Waals surface area contributed by atoms with Crippen molar-refractivity contribution >= 4 is 44.8 Å². The number of carbonyl (C=O) groups is 2. The quantitative estimate of drug-likeness (QED) is 0.405. The van der Waals surface area contributed by atoms with Crippen LogP contribution >= 0.6 is 11.3 Å². The maximum Gasteiger partial charge on any atom is 0.261 e. The van der Waals surface area contributed by atoms with Crippen LogP contribution in [-0.2, 0) is 12.8 Å². The Balaban J connectivity index is 1.71. The molecular weight excluding hydrogens is 469 g/mol. The molecule has 3 N–H and O–H groups in total. The lowest BCUT2D eigenvalue weighted by Gasteiger charge is -2.10. The summed E-state index contributed by atoms with van der Waals surface area (Å²) in [5.41, 5.74) is 8.04. The number of nitrogens with zero attached hydrogens (tertiary/aromatic N) is 1. The molecule has 7 nitrogen and oxygen atoms in total. The largest absolute Gasteiger partial charge is 0.493 e. The van der Waals surface area contributed by atoms with Crippen molar-refractivity contribution in [2.45, 2.75) is 25.7 Å². The van der Waals surface area contributed by atoms with Gasteiger partial charge in [-0.2, -0.15) is 0 Å². The number of thiophene rings is 1. The highest BCUT2D eigenvalue weighted by atomic mass is 32.1. The van der Waals surface area contributed by atoms with Gasteiger partial charge in [0, 0.05) is 16.0 Å². The van der Waals surface area contributed by atoms with E-state index in [-0.39, 0.29) is 11.1 Å². The number of primary amides is 1. The molecule has 0 saturated heterocycles. The van der Waals surface area contributed by atoms with E-state index < -0.39 is 17.6 Å². The van der Waals surface area contributed by atoms with E-state index in [2.05, 4.69) is 10.3 Å². The topological polar surface area (TPSA) is 107 Å². The molecule has 2 aromatic carbocycles. The molecule has 0 unspecified atom stereocenters. The first-order valence-electron chi connectivity index (χ1n) is 11.1. The lowest BCUT2D eigenvalue weighted by atomic mass is 9.95. The summed E-state index contributed by atoms with van der Waals surface area (Å²) in [5, 5.41) is 3.79. The van der Waals surface area contributed by atoms with Gasteiger partial charge in [-0.1, -0.05) is 12.1 Å². The van der Waals surface area contributed by atoms with Crippen LogP contribution in [0.15, 0.2) is 57.9 Å². The Hall–Kier alpha value is -3.98. The van der Waals surface area contributed by atoms with Crippen LogP contribution in [0.5, 0.6) is 5.75 Å². The van der Waals surface area contributed by atoms with Gasteiger partial charge in [-0.25, -0.2) is 9.38 Å². The SMILES string of the molecule is COc1cccc2cc(C(=O)Nc3ccc(F)cc3)/c(=N/c3sc4c(c3C(N)=O)CCCC4)oc12. The number of nitrogens with one attached hydrogen (secondary N) is 1. The summed E-state index contributed by atoms with van der Waals surface area (Å²) in [6.07, 6.45) is 3.64. The van der Waals surface area contributed by atoms with E-state index in [0.717, 1.165) is 36.1 Å². The zero-order valence-corrected chi connectivity index (χ0v) is 19.7. The molecular formula is C26H22FN3O4S. The summed E-state index contributed by atoms with van der Waals surface area (Å²) in [7, 11) is 1.52. The van der Waals surface area contributed by atoms with Crippen LogP contribution in [0, 0.1) is 5.82 Å². The van der Waals surface area contributed by atoms with Crippen LogP contribution in [0.4, 0.5) is 15.1 Å². The molecule has 5 rings (SSSR count). The number of rotatable bonds is 5. The molecule has 0 bridgehead atoms. The van der Waals surface area contributed by atoms with Crippen molar-refractivity contribution in [2.75, 3.05) is 12.4 Å². The summed E-state index contributed by atoms with van der Waals surface area (Å²) in [6.45, 7) is 0. The first kappa shape index (κ1) is 22.8. The van der Waals surface area contributed by atoms with Crippen LogP contribution in [0.25, 0.3) is 11.0 Å². The summed E-state index contributed by atoms with van der Waals surface area (Å²) in [5.74, 6) is -0.984. The van der Waals surface area contributed by atoms with Crippen molar-refractivity contribution in [1.29, 1.82) is 0 Å². The van der Waals surface area contributed by atoms with Gasteiger partial charge in [0.1, 0.15) is 16.4 Å². The third-order valence-corrected chi connectivity index (χ3v) is 7.09. The third-order valence-electron chi connectivity index (χ3n) is 5.91. The molecule has 35 heavy (non-hydrogen) atoms. The number of amides is 2. The minimum atomic E-state index is -0.557. The van der Waals surface area contributed by atoms with Gasteiger partial charge in [0.15, 0.2) is 11.3 Å². The molecule has 0 fully saturated rings. The monoisotopic (exact) mass is 491 g/mol. The molecule has 178 valence electrons. The van der Waals surface area contributed by atoms with Gasteiger partial charge in [-0.15, -0.1) is 11.3 Å². The van der Waals surface area contributed by atoms with Gasteiger partial charge >= 0.3 is 0 Å². The molecule has 2 amide bonds. The first-order valence-corrected chi connectivity index (χ1v) is 11.9. The summed E-state index contributed by atoms with van der Waals surface area (Å²) in [4.78, 5) is 31.4. The van der Waals surface area contributed by atoms with Gasteiger partial charge in [0.25, 0.3) is 11.8 Å². The molecule has 1 aliphatic carbocycles. The fourth-order valence-electron chi connectivity index (χ4n) is 4.24. The molecule has 0 spiro atoms. The molecule has 1 aliphatic rings. The zero-order valence-electron chi connectivity index (χ0n) is 18.9. The number of carbonyl (C=O) groups excluding carboxylic acids is 2. The van der Waals surface area contributed by atoms with E-state index in [1.807, 2.05) is 0 Å². The van der Waals surface area contributed by atoms with Crippen molar-refractivity contribution in [1.82, 2.24) is 0 Å². The van der Waals surface area contributed by atoms with Gasteiger partial charge < -0.3 is 20.2 Å². The highest BCUT2D eigenvalue weighted by Gasteiger charge is 2.25. The fourth-order valence-corrected chi connectivity index (χ4v) is 5.50. The molecule has 0 atom stereocenters. The second kappa shape index (κ2) is 9.34. The van der Waals surface area contributed by atoms with Crippen LogP contribution < -0.4 is 21.3 Å². The summed E-state index contributed by atoms with van der Waals surface area (Å²) >= 11 is 1.39. The van der Waals surface area contributed by atoms with E-state index in [0.29, 0.717) is 33.0 Å². The van der Waals surface area contributed by atoms with Gasteiger partial charge in [-0.05, 0) is 67.6 Å². The molecule has 0 radical (unpaired) electrons. The average Bonchev–Trinajstić information content (AvgIpc) is 3.22. The number of hydrogen-bond acceptors (Lipinski definition) is 6. The first-order chi connectivity index (χ1) is 16.9. The standard InChI is InChI=1S/C26H22FN3O4S/c1-33-19-7-4-5-14-13-18(24(32)29-16-11-9-15(27)10-12-16)25(34-22(14)19)30-26-21(23(28)31)17-6-2-3-8-20(17)35-26/h4-5,7,9-13H,2-3,6,8H2,1H3,(H2,28,31)(H,29,32)/b30-25-. The van der Waals surface area contributed by atoms with Gasteiger partial charge in [-0.3, -0.25) is 9.59 Å². The highest BCUT2D eigenvalue weighted by Crippen LogP contribution is 2.39. The Kier molecular flexibility index (Phi) is 6.08. The number of para-hydroxylation sites is 1. The lowest BCUT2D eigenvalue weighted by molar-refractivity contribution is 0.0997. The average molecular weight is 492 g/mol. The number of aryl methyl sites for hydroxylation is 1. The maximum absolute atomic E-state index is 13.3. The summed E-state index contributed by atoms with van der Waals surface area (Å²) in [6, 6.07) is 12.4. The van der Waals surface area contributed by atoms with Crippen LogP contribution in [0.1, 0.15) is 44.0 Å². The second-order valence-electron chi connectivity index (χ2n) is 8.17. The number of hydrogen-bond donors (Lipinski definition) is 2. The van der Waals surface area contributed by atoms with Gasteiger partial charge in [0.2, 0.25) is 5.55 Å². The molecule has 0 aliphatic heterocycles. The number of halogens is 1. The summed E-state index contributed by atoms with van der Waals surface area (Å²) < 4.78 is 24.8. The predicted octanol–water partition coefficient (Wildman–Crippen LogP) is 5.10. The van der Waals surface area contributed by atoms with E-state index in [4.69, 9.17) is 14.9 Å². The van der Waals surface area contributed by atoms with Crippen molar-refractivity contribution in [3.63, 3.8) is 0 Å². The third kappa shape index (κ3) is 4.42. The van der Waals surface area contributed by atoms with Crippen molar-refractivity contribution in [3.8, 4) is 5.75 Å². The normalized spacial score (nSPS) is 13.5. The number of benzene rings is 2. The molecule has 2 aromatic heterocycles. The van der Waals surface area contributed by atoms with E-state index in [9.17, 15) is 14.0 Å². The van der Waals surface area contributed by atoms with Crippen molar-refractivity contribution in [2.24, 2.45) is 10.7 Å². The molecule has 2 heterocycles. The van der Waals surface area contributed by atoms with E-state index >= 15 is 0 Å². The van der Waals surface area contributed by atoms with Crippen LogP contribution in [-0.4, -0.2) is 18.9 Å². The second-order valence-corrected chi connectivity index (χ2v) is 9.26. The minimum Gasteiger partial charge on any atom is -0.493 e. The molecule has 4 aromatic rings. The Labute approximate surface area is 204 Å². The fraction of sp³-hybridized carbons (Fsp3) is 0.192. The Morgan fingerprint density at radius 3 is 2.66 bits per heavy atom. The van der Waals surface area contributed by atoms with E-state index in [1.165, 1.54) is 42.7 Å². The van der Waals surface area contributed by atoms with Crippen LogP contribution in [0.2, 0.25) is 0 Å². The Morgan fingerprint density at radius 2 is 1.91 bits per heavy atom. The highest BCUT2D eigenvalue weighted by molar-refractivity contribution is 7.16. The maximum atomic E-state index is 13.3. The smallest absolute Gasteiger partial charge is 0.261 e. The number of fused-ring (bicyclic) bond motifs is 2. The zero-order chi connectivity index (χ0) is 24.5. The predicted molar refractivity (Wildman–Crippen MR) is 132 cm³/mol. The molecule has 0 saturated carbocycles. The minimum absolute atomic E-state index is 0.0164. The van der Waals surface area contributed by atoms with Crippen LogP contribution in [0.3, 0.4) is 0 Å². The number of ether oxygens (including phenoxy) is 1. The Morgan fingerprint density at radius 1 is 1.14 bits per heavy atom. The number of methoxy groups -OCH3 is 1.